The van der Waals surface area contributed by atoms with Gasteiger partial charge in [-0.25, -0.2) is 0 Å². The molecular weight excluding hydrogens is 204 g/mol. The van der Waals surface area contributed by atoms with Gasteiger partial charge in [0.15, 0.2) is 5.11 Å². The molecule has 0 aromatic heterocycles. The van der Waals surface area contributed by atoms with Crippen LogP contribution in [0.25, 0.3) is 0 Å². The van der Waals surface area contributed by atoms with Crippen LogP contribution in [0.5, 0.6) is 0 Å². The van der Waals surface area contributed by atoms with E-state index in [-0.39, 0.29) is 0 Å². The second kappa shape index (κ2) is 5.69. The van der Waals surface area contributed by atoms with Crippen LogP contribution >= 0.6 is 12.2 Å². The molecule has 0 aromatic rings. The van der Waals surface area contributed by atoms with Crippen molar-refractivity contribution in [1.29, 1.82) is 0 Å². The maximum Gasteiger partial charge on any atom is 0.166 e. The van der Waals surface area contributed by atoms with Crippen molar-refractivity contribution in [3.05, 3.63) is 0 Å². The van der Waals surface area contributed by atoms with Crippen LogP contribution in [0.3, 0.4) is 0 Å². The van der Waals surface area contributed by atoms with E-state index in [4.69, 9.17) is 12.2 Å². The number of hydrogen-bond acceptors (Lipinski definition) is 1. The molecule has 0 saturated heterocycles. The van der Waals surface area contributed by atoms with E-state index in [2.05, 4.69) is 38.3 Å². The summed E-state index contributed by atoms with van der Waals surface area (Å²) in [7, 11) is 0. The van der Waals surface area contributed by atoms with Gasteiger partial charge < -0.3 is 10.6 Å². The van der Waals surface area contributed by atoms with Gasteiger partial charge in [0.2, 0.25) is 0 Å². The van der Waals surface area contributed by atoms with E-state index >= 15 is 0 Å². The average Bonchev–Trinajstić information content (AvgIpc) is 1.98. The molecule has 2 nitrogen and oxygen atoms in total. The van der Waals surface area contributed by atoms with Crippen LogP contribution in [0.1, 0.15) is 47.0 Å². The largest absolute Gasteiger partial charge is 0.361 e. The second-order valence-electron chi connectivity index (χ2n) is 5.39. The lowest BCUT2D eigenvalue weighted by molar-refractivity contribution is 0.255. The molecule has 0 spiro atoms. The molecule has 0 radical (unpaired) electrons. The minimum atomic E-state index is 0.420. The third-order valence-corrected chi connectivity index (χ3v) is 3.17. The molecule has 0 aromatic carbocycles. The fraction of sp³-hybridized carbons (Fsp3) is 0.917. The summed E-state index contributed by atoms with van der Waals surface area (Å²) in [6.07, 6.45) is 3.87. The Balaban J connectivity index is 2.34. The van der Waals surface area contributed by atoms with E-state index < -0.39 is 0 Å². The van der Waals surface area contributed by atoms with Crippen molar-refractivity contribution in [2.24, 2.45) is 11.8 Å². The summed E-state index contributed by atoms with van der Waals surface area (Å²) in [5.41, 5.74) is 0. The Bertz CT molecular complexity index is 206. The van der Waals surface area contributed by atoms with E-state index in [0.29, 0.717) is 12.1 Å². The summed E-state index contributed by atoms with van der Waals surface area (Å²) in [4.78, 5) is 0. The van der Waals surface area contributed by atoms with Gasteiger partial charge in [-0.1, -0.05) is 13.8 Å². The van der Waals surface area contributed by atoms with Gasteiger partial charge in [0.25, 0.3) is 0 Å². The van der Waals surface area contributed by atoms with Gasteiger partial charge in [0.05, 0.1) is 0 Å². The summed E-state index contributed by atoms with van der Waals surface area (Å²) in [6, 6.07) is 0.992. The first-order chi connectivity index (χ1) is 6.97. The van der Waals surface area contributed by atoms with Crippen LogP contribution in [0.2, 0.25) is 0 Å². The molecule has 2 N–H and O–H groups in total. The third kappa shape index (κ3) is 4.83. The predicted molar refractivity (Wildman–Crippen MR) is 70.0 cm³/mol. The summed E-state index contributed by atoms with van der Waals surface area (Å²) >= 11 is 5.27. The highest BCUT2D eigenvalue weighted by Crippen LogP contribution is 2.28. The standard InChI is InChI=1S/C12H24N2S/c1-8(2)13-12(15)14-11-6-9(3)5-10(4)7-11/h8-11H,5-7H2,1-4H3,(H2,13,14,15). The van der Waals surface area contributed by atoms with Gasteiger partial charge in [0, 0.05) is 12.1 Å². The second-order valence-corrected chi connectivity index (χ2v) is 5.80. The average molecular weight is 228 g/mol. The zero-order valence-electron chi connectivity index (χ0n) is 10.3. The molecule has 1 aliphatic rings. The van der Waals surface area contributed by atoms with E-state index in [1.165, 1.54) is 19.3 Å². The molecule has 1 fully saturated rings. The molecular formula is C12H24N2S. The highest BCUT2D eigenvalue weighted by Gasteiger charge is 2.24. The lowest BCUT2D eigenvalue weighted by Gasteiger charge is -2.33. The van der Waals surface area contributed by atoms with E-state index in [0.717, 1.165) is 16.9 Å². The Morgan fingerprint density at radius 1 is 1.13 bits per heavy atom. The molecule has 2 unspecified atom stereocenters. The molecule has 0 amide bonds. The van der Waals surface area contributed by atoms with Crippen molar-refractivity contribution in [3.63, 3.8) is 0 Å². The van der Waals surface area contributed by atoms with Crippen LogP contribution in [0, 0.1) is 11.8 Å². The van der Waals surface area contributed by atoms with Crippen LogP contribution in [0.15, 0.2) is 0 Å². The normalized spacial score (nSPS) is 31.4. The Hall–Kier alpha value is -0.310. The van der Waals surface area contributed by atoms with Crippen LogP contribution < -0.4 is 10.6 Å². The van der Waals surface area contributed by atoms with Crippen molar-refractivity contribution in [2.45, 2.75) is 59.0 Å². The SMILES string of the molecule is CC1CC(C)CC(NC(=S)NC(C)C)C1. The fourth-order valence-corrected chi connectivity index (χ4v) is 2.96. The third-order valence-electron chi connectivity index (χ3n) is 2.93. The van der Waals surface area contributed by atoms with Gasteiger partial charge >= 0.3 is 0 Å². The lowest BCUT2D eigenvalue weighted by Crippen LogP contribution is -2.46. The molecule has 3 heteroatoms. The highest BCUT2D eigenvalue weighted by atomic mass is 32.1. The molecule has 88 valence electrons. The zero-order chi connectivity index (χ0) is 11.4. The predicted octanol–water partition coefficient (Wildman–Crippen LogP) is 2.68. The van der Waals surface area contributed by atoms with Crippen molar-refractivity contribution >= 4 is 17.3 Å². The van der Waals surface area contributed by atoms with Crippen LogP contribution in [0.4, 0.5) is 0 Å². The van der Waals surface area contributed by atoms with E-state index in [1.54, 1.807) is 0 Å². The molecule has 15 heavy (non-hydrogen) atoms. The maximum absolute atomic E-state index is 5.27. The fourth-order valence-electron chi connectivity index (χ4n) is 2.55. The molecule has 1 rings (SSSR count). The first-order valence-electron chi connectivity index (χ1n) is 6.04. The van der Waals surface area contributed by atoms with Crippen LogP contribution in [-0.4, -0.2) is 17.2 Å². The molecule has 0 aliphatic heterocycles. The number of rotatable bonds is 2. The van der Waals surface area contributed by atoms with Gasteiger partial charge in [-0.2, -0.15) is 0 Å². The summed E-state index contributed by atoms with van der Waals surface area (Å²) in [5, 5.41) is 7.49. The van der Waals surface area contributed by atoms with Crippen molar-refractivity contribution < 1.29 is 0 Å². The Kier molecular flexibility index (Phi) is 4.84. The molecule has 0 heterocycles. The zero-order valence-corrected chi connectivity index (χ0v) is 11.2. The van der Waals surface area contributed by atoms with Gasteiger partial charge in [-0.3, -0.25) is 0 Å². The van der Waals surface area contributed by atoms with E-state index in [9.17, 15) is 0 Å². The summed E-state index contributed by atoms with van der Waals surface area (Å²) in [5.74, 6) is 1.65. The molecule has 0 bridgehead atoms. The monoisotopic (exact) mass is 228 g/mol. The summed E-state index contributed by atoms with van der Waals surface area (Å²) < 4.78 is 0. The van der Waals surface area contributed by atoms with Gasteiger partial charge in [-0.15, -0.1) is 0 Å². The van der Waals surface area contributed by atoms with E-state index in [1.807, 2.05) is 0 Å². The lowest BCUT2D eigenvalue weighted by atomic mass is 9.80. The van der Waals surface area contributed by atoms with Crippen molar-refractivity contribution in [3.8, 4) is 0 Å². The minimum absolute atomic E-state index is 0.420. The Labute approximate surface area is 99.2 Å². The topological polar surface area (TPSA) is 24.1 Å². The van der Waals surface area contributed by atoms with Crippen molar-refractivity contribution in [1.82, 2.24) is 10.6 Å². The Morgan fingerprint density at radius 3 is 2.13 bits per heavy atom. The Morgan fingerprint density at radius 2 is 1.67 bits per heavy atom. The highest BCUT2D eigenvalue weighted by molar-refractivity contribution is 7.80. The minimum Gasteiger partial charge on any atom is -0.361 e. The number of thiocarbonyl (C=S) groups is 1. The van der Waals surface area contributed by atoms with Crippen LogP contribution in [-0.2, 0) is 0 Å². The number of nitrogens with one attached hydrogen (secondary N) is 2. The van der Waals surface area contributed by atoms with Gasteiger partial charge in [-0.05, 0) is 57.2 Å². The smallest absolute Gasteiger partial charge is 0.166 e. The quantitative estimate of drug-likeness (QED) is 0.711. The van der Waals surface area contributed by atoms with Crippen molar-refractivity contribution in [2.75, 3.05) is 0 Å². The molecule has 1 aliphatic carbocycles. The summed E-state index contributed by atoms with van der Waals surface area (Å²) in [6.45, 7) is 8.90. The molecule has 2 atom stereocenters. The first-order valence-corrected chi connectivity index (χ1v) is 6.45. The maximum atomic E-state index is 5.27. The van der Waals surface area contributed by atoms with Gasteiger partial charge in [0.1, 0.15) is 0 Å². The number of hydrogen-bond donors (Lipinski definition) is 2. The first kappa shape index (κ1) is 12.8. The molecule has 1 saturated carbocycles.